The van der Waals surface area contributed by atoms with Crippen LogP contribution in [0, 0.1) is 11.6 Å². The van der Waals surface area contributed by atoms with Gasteiger partial charge < -0.3 is 20.3 Å². The Morgan fingerprint density at radius 3 is 2.44 bits per heavy atom. The Kier molecular flexibility index (Phi) is 5.46. The van der Waals surface area contributed by atoms with E-state index in [4.69, 9.17) is 4.74 Å². The van der Waals surface area contributed by atoms with Gasteiger partial charge in [-0.2, -0.15) is 0 Å². The van der Waals surface area contributed by atoms with Gasteiger partial charge in [0, 0.05) is 11.6 Å². The zero-order chi connectivity index (χ0) is 13.7. The number of rotatable bonds is 6. The lowest BCUT2D eigenvalue weighted by atomic mass is 10.0. The highest BCUT2D eigenvalue weighted by Gasteiger charge is 2.23. The molecule has 3 N–H and O–H groups in total. The SMILES string of the molecule is CNCCC(O)C(O)c1cc(F)c(F)cc1OC. The maximum atomic E-state index is 13.1. The lowest BCUT2D eigenvalue weighted by Crippen LogP contribution is -2.23. The minimum Gasteiger partial charge on any atom is -0.496 e. The molecule has 2 unspecified atom stereocenters. The number of aliphatic hydroxyl groups excluding tert-OH is 2. The minimum atomic E-state index is -1.33. The second kappa shape index (κ2) is 6.63. The maximum Gasteiger partial charge on any atom is 0.162 e. The maximum absolute atomic E-state index is 13.1. The summed E-state index contributed by atoms with van der Waals surface area (Å²) in [5, 5.41) is 22.4. The van der Waals surface area contributed by atoms with E-state index in [1.807, 2.05) is 0 Å². The molecule has 0 bridgehead atoms. The van der Waals surface area contributed by atoms with Crippen molar-refractivity contribution in [3.63, 3.8) is 0 Å². The van der Waals surface area contributed by atoms with E-state index in [0.29, 0.717) is 6.54 Å². The quantitative estimate of drug-likeness (QED) is 0.714. The first-order valence-corrected chi connectivity index (χ1v) is 5.55. The molecule has 102 valence electrons. The van der Waals surface area contributed by atoms with Crippen molar-refractivity contribution in [1.82, 2.24) is 5.32 Å². The lowest BCUT2D eigenvalue weighted by Gasteiger charge is -2.20. The van der Waals surface area contributed by atoms with Gasteiger partial charge in [0.1, 0.15) is 11.9 Å². The van der Waals surface area contributed by atoms with Crippen LogP contribution in [-0.2, 0) is 0 Å². The van der Waals surface area contributed by atoms with Crippen LogP contribution >= 0.6 is 0 Å². The summed E-state index contributed by atoms with van der Waals surface area (Å²) in [6, 6.07) is 1.68. The summed E-state index contributed by atoms with van der Waals surface area (Å²) in [5.41, 5.74) is 0.0278. The van der Waals surface area contributed by atoms with Crippen molar-refractivity contribution in [2.45, 2.75) is 18.6 Å². The summed E-state index contributed by atoms with van der Waals surface area (Å²) in [7, 11) is 2.99. The Morgan fingerprint density at radius 2 is 1.89 bits per heavy atom. The molecule has 4 nitrogen and oxygen atoms in total. The summed E-state index contributed by atoms with van der Waals surface area (Å²) < 4.78 is 31.0. The van der Waals surface area contributed by atoms with E-state index in [0.717, 1.165) is 12.1 Å². The highest BCUT2D eigenvalue weighted by molar-refractivity contribution is 5.37. The zero-order valence-corrected chi connectivity index (χ0v) is 10.3. The van der Waals surface area contributed by atoms with Crippen molar-refractivity contribution in [2.75, 3.05) is 20.7 Å². The first kappa shape index (κ1) is 14.8. The van der Waals surface area contributed by atoms with Crippen LogP contribution in [0.5, 0.6) is 5.75 Å². The van der Waals surface area contributed by atoms with Crippen LogP contribution in [0.15, 0.2) is 12.1 Å². The Bertz CT molecular complexity index is 401. The Morgan fingerprint density at radius 1 is 1.28 bits per heavy atom. The molecule has 0 aliphatic carbocycles. The van der Waals surface area contributed by atoms with Gasteiger partial charge >= 0.3 is 0 Å². The summed E-state index contributed by atoms with van der Waals surface area (Å²) in [5.74, 6) is -2.15. The molecule has 0 aliphatic heterocycles. The molecule has 0 saturated heterocycles. The van der Waals surface area contributed by atoms with Crippen molar-refractivity contribution >= 4 is 0 Å². The van der Waals surface area contributed by atoms with Gasteiger partial charge in [-0.1, -0.05) is 0 Å². The minimum absolute atomic E-state index is 0.00454. The average Bonchev–Trinajstić information content (AvgIpc) is 2.37. The normalized spacial score (nSPS) is 14.3. The van der Waals surface area contributed by atoms with E-state index >= 15 is 0 Å². The van der Waals surface area contributed by atoms with Crippen LogP contribution in [0.1, 0.15) is 18.1 Å². The van der Waals surface area contributed by atoms with Crippen molar-refractivity contribution in [1.29, 1.82) is 0 Å². The molecule has 0 radical (unpaired) electrons. The fraction of sp³-hybridized carbons (Fsp3) is 0.500. The van der Waals surface area contributed by atoms with Crippen LogP contribution in [0.2, 0.25) is 0 Å². The van der Waals surface area contributed by atoms with E-state index in [-0.39, 0.29) is 17.7 Å². The number of hydrogen-bond donors (Lipinski definition) is 3. The predicted octanol–water partition coefficient (Wildman–Crippen LogP) is 0.977. The first-order chi connectivity index (χ1) is 8.51. The molecule has 6 heteroatoms. The van der Waals surface area contributed by atoms with Gasteiger partial charge in [-0.15, -0.1) is 0 Å². The van der Waals surface area contributed by atoms with Gasteiger partial charge in [0.05, 0.1) is 13.2 Å². The third-order valence-corrected chi connectivity index (χ3v) is 2.65. The number of aliphatic hydroxyl groups is 2. The second-order valence-corrected chi connectivity index (χ2v) is 3.91. The molecule has 0 aromatic heterocycles. The number of methoxy groups -OCH3 is 1. The Hall–Kier alpha value is -1.24. The number of benzene rings is 1. The van der Waals surface area contributed by atoms with Crippen LogP contribution < -0.4 is 10.1 Å². The molecule has 2 atom stereocenters. The van der Waals surface area contributed by atoms with Crippen molar-refractivity contribution in [3.8, 4) is 5.75 Å². The number of halogens is 2. The van der Waals surface area contributed by atoms with E-state index < -0.39 is 23.8 Å². The van der Waals surface area contributed by atoms with Gasteiger partial charge in [-0.05, 0) is 26.1 Å². The zero-order valence-electron chi connectivity index (χ0n) is 10.3. The third kappa shape index (κ3) is 3.38. The Balaban J connectivity index is 2.96. The fourth-order valence-electron chi connectivity index (χ4n) is 1.61. The summed E-state index contributed by atoms with van der Waals surface area (Å²) in [4.78, 5) is 0. The van der Waals surface area contributed by atoms with Crippen LogP contribution in [0.25, 0.3) is 0 Å². The highest BCUT2D eigenvalue weighted by atomic mass is 19.2. The lowest BCUT2D eigenvalue weighted by molar-refractivity contribution is 0.0125. The summed E-state index contributed by atoms with van der Waals surface area (Å²) >= 11 is 0. The van der Waals surface area contributed by atoms with Crippen molar-refractivity contribution in [2.24, 2.45) is 0 Å². The molecule has 18 heavy (non-hydrogen) atoms. The van der Waals surface area contributed by atoms with Gasteiger partial charge in [-0.3, -0.25) is 0 Å². The smallest absolute Gasteiger partial charge is 0.162 e. The van der Waals surface area contributed by atoms with Crippen LogP contribution in [0.3, 0.4) is 0 Å². The predicted molar refractivity (Wildman–Crippen MR) is 62.4 cm³/mol. The molecular formula is C12H17F2NO3. The largest absolute Gasteiger partial charge is 0.496 e. The molecule has 1 aromatic carbocycles. The summed E-state index contributed by atoms with van der Waals surface area (Å²) in [6.45, 7) is 0.490. The van der Waals surface area contributed by atoms with Gasteiger partial charge in [0.2, 0.25) is 0 Å². The number of ether oxygens (including phenoxy) is 1. The molecule has 1 aromatic rings. The van der Waals surface area contributed by atoms with Gasteiger partial charge in [0.15, 0.2) is 11.6 Å². The van der Waals surface area contributed by atoms with Crippen molar-refractivity contribution < 1.29 is 23.7 Å². The van der Waals surface area contributed by atoms with E-state index in [1.54, 1.807) is 7.05 Å². The number of nitrogens with one attached hydrogen (secondary N) is 1. The van der Waals surface area contributed by atoms with E-state index in [1.165, 1.54) is 7.11 Å². The van der Waals surface area contributed by atoms with E-state index in [2.05, 4.69) is 5.32 Å². The molecule has 0 fully saturated rings. The first-order valence-electron chi connectivity index (χ1n) is 5.55. The Labute approximate surface area is 104 Å². The van der Waals surface area contributed by atoms with E-state index in [9.17, 15) is 19.0 Å². The molecule has 0 amide bonds. The van der Waals surface area contributed by atoms with Crippen molar-refractivity contribution in [3.05, 3.63) is 29.3 Å². The average molecular weight is 261 g/mol. The monoisotopic (exact) mass is 261 g/mol. The second-order valence-electron chi connectivity index (χ2n) is 3.91. The molecule has 0 aliphatic rings. The molecule has 1 rings (SSSR count). The highest BCUT2D eigenvalue weighted by Crippen LogP contribution is 2.30. The molecule has 0 spiro atoms. The van der Waals surface area contributed by atoms with Gasteiger partial charge in [0.25, 0.3) is 0 Å². The fourth-order valence-corrected chi connectivity index (χ4v) is 1.61. The van der Waals surface area contributed by atoms with Crippen LogP contribution in [-0.4, -0.2) is 37.0 Å². The molecule has 0 saturated carbocycles. The third-order valence-electron chi connectivity index (χ3n) is 2.65. The topological polar surface area (TPSA) is 61.7 Å². The molecular weight excluding hydrogens is 244 g/mol. The number of hydrogen-bond acceptors (Lipinski definition) is 4. The summed E-state index contributed by atoms with van der Waals surface area (Å²) in [6.07, 6.45) is -2.14. The molecule has 0 heterocycles. The van der Waals surface area contributed by atoms with Crippen LogP contribution in [0.4, 0.5) is 8.78 Å². The van der Waals surface area contributed by atoms with Gasteiger partial charge in [-0.25, -0.2) is 8.78 Å². The standard InChI is InChI=1S/C12H17F2NO3/c1-15-4-3-10(16)12(17)7-5-8(13)9(14)6-11(7)18-2/h5-6,10,12,15-17H,3-4H2,1-2H3.